The largest absolute Gasteiger partial charge is 0.493 e. The molecule has 1 aromatic heterocycles. The molecule has 0 saturated carbocycles. The fraction of sp³-hybridized carbons (Fsp3) is 0.303. The van der Waals surface area contributed by atoms with Gasteiger partial charge in [-0.25, -0.2) is 14.8 Å². The van der Waals surface area contributed by atoms with Crippen LogP contribution in [0.15, 0.2) is 67.0 Å². The Morgan fingerprint density at radius 3 is 2.42 bits per heavy atom. The van der Waals surface area contributed by atoms with Gasteiger partial charge in [-0.05, 0) is 54.9 Å². The van der Waals surface area contributed by atoms with Crippen LogP contribution in [0, 0.1) is 0 Å². The van der Waals surface area contributed by atoms with Crippen LogP contribution in [0.4, 0.5) is 11.5 Å². The summed E-state index contributed by atoms with van der Waals surface area (Å²) < 4.78 is 23.7. The first kappa shape index (κ1) is 31.1. The summed E-state index contributed by atoms with van der Waals surface area (Å²) >= 11 is 0. The molecule has 43 heavy (non-hydrogen) atoms. The molecule has 0 aliphatic rings. The van der Waals surface area contributed by atoms with Gasteiger partial charge in [-0.15, -0.1) is 0 Å². The van der Waals surface area contributed by atoms with Crippen molar-refractivity contribution in [1.29, 1.82) is 0 Å². The lowest BCUT2D eigenvalue weighted by atomic mass is 10.1. The van der Waals surface area contributed by atoms with Crippen LogP contribution in [0.3, 0.4) is 0 Å². The smallest absolute Gasteiger partial charge is 0.328 e. The Hall–Kier alpha value is -4.83. The first-order valence-electron chi connectivity index (χ1n) is 14.2. The molecule has 2 N–H and O–H groups in total. The molecule has 4 rings (SSSR count). The molecule has 0 spiro atoms. The Morgan fingerprint density at radius 1 is 0.953 bits per heavy atom. The Balaban J connectivity index is 1.70. The second kappa shape index (κ2) is 15.4. The summed E-state index contributed by atoms with van der Waals surface area (Å²) in [5.74, 6) is 1.50. The summed E-state index contributed by atoms with van der Waals surface area (Å²) in [7, 11) is 3.14. The molecule has 0 bridgehead atoms. The van der Waals surface area contributed by atoms with Crippen LogP contribution in [-0.2, 0) is 11.4 Å². The lowest BCUT2D eigenvalue weighted by Crippen LogP contribution is -2.25. The number of carboxylic acids is 1. The van der Waals surface area contributed by atoms with Crippen molar-refractivity contribution in [1.82, 2.24) is 14.9 Å². The van der Waals surface area contributed by atoms with Crippen LogP contribution >= 0.6 is 0 Å². The lowest BCUT2D eigenvalue weighted by Gasteiger charge is -2.19. The third-order valence-electron chi connectivity index (χ3n) is 6.89. The number of anilines is 2. The molecular formula is C33H38N4O6. The molecule has 1 heterocycles. The average molecular weight is 587 g/mol. The number of carboxylic acid groups (broad SMARTS) is 1. The number of benzene rings is 3. The molecular weight excluding hydrogens is 548 g/mol. The zero-order valence-corrected chi connectivity index (χ0v) is 25.0. The summed E-state index contributed by atoms with van der Waals surface area (Å²) in [6.07, 6.45) is 4.89. The Labute approximate surface area is 251 Å². The standard InChI is InChI=1S/C33H38N4O6/c1-5-37(6-2)15-10-16-42-29-19-25-26(20-28(29)40-3)34-22-35-33(25)36-27-17-24(13-14-31(38)39)18-30(41-4)32(27)43-21-23-11-8-7-9-12-23/h7-9,11-14,17-20,22H,5-6,10,15-16,21H2,1-4H3,(H,38,39)(H,34,35,36)/b14-13+. The molecule has 0 aliphatic carbocycles. The number of carbonyl (C=O) groups is 1. The third-order valence-corrected chi connectivity index (χ3v) is 6.89. The topological polar surface area (TPSA) is 115 Å². The Kier molecular flexibility index (Phi) is 11.2. The van der Waals surface area contributed by atoms with Crippen molar-refractivity contribution in [2.45, 2.75) is 26.9 Å². The summed E-state index contributed by atoms with van der Waals surface area (Å²) in [5.41, 5.74) is 2.78. The van der Waals surface area contributed by atoms with E-state index in [9.17, 15) is 9.90 Å². The molecule has 226 valence electrons. The van der Waals surface area contributed by atoms with Gasteiger partial charge >= 0.3 is 5.97 Å². The zero-order chi connectivity index (χ0) is 30.6. The van der Waals surface area contributed by atoms with E-state index in [1.165, 1.54) is 19.5 Å². The van der Waals surface area contributed by atoms with Crippen LogP contribution in [0.25, 0.3) is 17.0 Å². The van der Waals surface area contributed by atoms with E-state index in [4.69, 9.17) is 18.9 Å². The number of hydrogen-bond acceptors (Lipinski definition) is 9. The molecule has 3 aromatic carbocycles. The van der Waals surface area contributed by atoms with Gasteiger partial charge in [0.25, 0.3) is 0 Å². The highest BCUT2D eigenvalue weighted by molar-refractivity contribution is 5.94. The summed E-state index contributed by atoms with van der Waals surface area (Å²) in [5, 5.41) is 13.3. The van der Waals surface area contributed by atoms with Gasteiger partial charge in [0.15, 0.2) is 23.0 Å². The molecule has 0 saturated heterocycles. The first-order chi connectivity index (χ1) is 20.9. The highest BCUT2D eigenvalue weighted by Gasteiger charge is 2.17. The number of ether oxygens (including phenoxy) is 4. The van der Waals surface area contributed by atoms with Gasteiger partial charge in [0, 0.05) is 24.1 Å². The van der Waals surface area contributed by atoms with E-state index in [0.29, 0.717) is 64.2 Å². The number of rotatable bonds is 16. The fourth-order valence-corrected chi connectivity index (χ4v) is 4.58. The maximum absolute atomic E-state index is 11.2. The van der Waals surface area contributed by atoms with Gasteiger partial charge in [0.05, 0.1) is 32.0 Å². The van der Waals surface area contributed by atoms with Crippen LogP contribution in [0.2, 0.25) is 0 Å². The molecule has 10 nitrogen and oxygen atoms in total. The van der Waals surface area contributed by atoms with Crippen molar-refractivity contribution in [3.63, 3.8) is 0 Å². The average Bonchev–Trinajstić information content (AvgIpc) is 3.03. The molecule has 0 amide bonds. The van der Waals surface area contributed by atoms with Gasteiger partial charge in [-0.2, -0.15) is 0 Å². The van der Waals surface area contributed by atoms with Crippen LogP contribution < -0.4 is 24.3 Å². The molecule has 4 aromatic rings. The highest BCUT2D eigenvalue weighted by atomic mass is 16.5. The maximum Gasteiger partial charge on any atom is 0.328 e. The lowest BCUT2D eigenvalue weighted by molar-refractivity contribution is -0.131. The molecule has 0 aliphatic heterocycles. The van der Waals surface area contributed by atoms with Gasteiger partial charge in [-0.1, -0.05) is 44.2 Å². The number of nitrogens with one attached hydrogen (secondary N) is 1. The SMILES string of the molecule is CCN(CC)CCCOc1cc2c(Nc3cc(/C=C/C(=O)O)cc(OC)c3OCc3ccccc3)ncnc2cc1OC. The first-order valence-corrected chi connectivity index (χ1v) is 14.2. The van der Waals surface area contributed by atoms with Crippen LogP contribution in [-0.4, -0.2) is 66.4 Å². The van der Waals surface area contributed by atoms with E-state index in [2.05, 4.69) is 34.0 Å². The predicted molar refractivity (Wildman–Crippen MR) is 168 cm³/mol. The van der Waals surface area contributed by atoms with E-state index in [-0.39, 0.29) is 0 Å². The number of hydrogen-bond donors (Lipinski definition) is 2. The summed E-state index contributed by atoms with van der Waals surface area (Å²) in [4.78, 5) is 22.5. The number of nitrogens with zero attached hydrogens (tertiary/aromatic N) is 3. The van der Waals surface area contributed by atoms with Gasteiger partial charge < -0.3 is 34.3 Å². The van der Waals surface area contributed by atoms with Crippen molar-refractivity contribution in [2.75, 3.05) is 45.8 Å². The van der Waals surface area contributed by atoms with Gasteiger partial charge in [0.1, 0.15) is 18.8 Å². The van der Waals surface area contributed by atoms with E-state index in [1.54, 1.807) is 19.2 Å². The monoisotopic (exact) mass is 586 g/mol. The Morgan fingerprint density at radius 2 is 1.72 bits per heavy atom. The van der Waals surface area contributed by atoms with Crippen molar-refractivity contribution in [2.24, 2.45) is 0 Å². The van der Waals surface area contributed by atoms with Crippen LogP contribution in [0.5, 0.6) is 23.0 Å². The van der Waals surface area contributed by atoms with Gasteiger partial charge in [0.2, 0.25) is 0 Å². The van der Waals surface area contributed by atoms with Crippen molar-refractivity contribution >= 4 is 34.5 Å². The highest BCUT2D eigenvalue weighted by Crippen LogP contribution is 2.41. The number of aliphatic carboxylic acids is 1. The molecule has 0 radical (unpaired) electrons. The Bertz CT molecular complexity index is 1540. The second-order valence-corrected chi connectivity index (χ2v) is 9.64. The zero-order valence-electron chi connectivity index (χ0n) is 25.0. The minimum Gasteiger partial charge on any atom is -0.493 e. The number of aromatic nitrogens is 2. The van der Waals surface area contributed by atoms with Crippen LogP contribution in [0.1, 0.15) is 31.4 Å². The van der Waals surface area contributed by atoms with E-state index in [0.717, 1.165) is 37.7 Å². The van der Waals surface area contributed by atoms with Crippen molar-refractivity contribution in [3.05, 3.63) is 78.1 Å². The molecule has 0 unspecified atom stereocenters. The van der Waals surface area contributed by atoms with Gasteiger partial charge in [-0.3, -0.25) is 0 Å². The fourth-order valence-electron chi connectivity index (χ4n) is 4.58. The predicted octanol–water partition coefficient (Wildman–Crippen LogP) is 6.18. The quantitative estimate of drug-likeness (QED) is 0.117. The van der Waals surface area contributed by atoms with Crippen molar-refractivity contribution < 1.29 is 28.8 Å². The van der Waals surface area contributed by atoms with E-state index < -0.39 is 5.97 Å². The molecule has 10 heteroatoms. The third kappa shape index (κ3) is 8.36. The minimum atomic E-state index is -1.06. The summed E-state index contributed by atoms with van der Waals surface area (Å²) in [6.45, 7) is 8.06. The molecule has 0 atom stereocenters. The summed E-state index contributed by atoms with van der Waals surface area (Å²) in [6, 6.07) is 17.0. The van der Waals surface area contributed by atoms with E-state index in [1.807, 2.05) is 42.5 Å². The maximum atomic E-state index is 11.2. The minimum absolute atomic E-state index is 0.295. The van der Waals surface area contributed by atoms with E-state index >= 15 is 0 Å². The molecule has 0 fully saturated rings. The van der Waals surface area contributed by atoms with Crippen molar-refractivity contribution in [3.8, 4) is 23.0 Å². The second-order valence-electron chi connectivity index (χ2n) is 9.64. The number of methoxy groups -OCH3 is 2. The number of fused-ring (bicyclic) bond motifs is 1. The normalized spacial score (nSPS) is 11.2.